The molecule has 0 radical (unpaired) electrons. The summed E-state index contributed by atoms with van der Waals surface area (Å²) in [5.41, 5.74) is 1.03. The van der Waals surface area contributed by atoms with E-state index in [4.69, 9.17) is 4.74 Å². The number of thioether (sulfide) groups is 1. The quantitative estimate of drug-likeness (QED) is 0.617. The number of rotatable bonds is 6. The Balaban J connectivity index is 2.04. The summed E-state index contributed by atoms with van der Waals surface area (Å²) >= 11 is 5.18. The van der Waals surface area contributed by atoms with Crippen molar-refractivity contribution in [2.45, 2.75) is 37.2 Å². The normalized spacial score (nSPS) is 17.6. The van der Waals surface area contributed by atoms with E-state index in [0.29, 0.717) is 6.42 Å². The number of halogens is 1. The Kier molecular flexibility index (Phi) is 5.15. The molecule has 20 heavy (non-hydrogen) atoms. The van der Waals surface area contributed by atoms with Crippen LogP contribution in [-0.2, 0) is 9.53 Å². The third-order valence-electron chi connectivity index (χ3n) is 3.66. The molecule has 1 fully saturated rings. The van der Waals surface area contributed by atoms with Gasteiger partial charge in [-0.3, -0.25) is 4.79 Å². The van der Waals surface area contributed by atoms with Gasteiger partial charge in [-0.1, -0.05) is 22.0 Å². The van der Waals surface area contributed by atoms with Crippen molar-refractivity contribution in [1.82, 2.24) is 0 Å². The number of methoxy groups -OCH3 is 1. The highest BCUT2D eigenvalue weighted by atomic mass is 79.9. The molecule has 0 spiro atoms. The first kappa shape index (κ1) is 15.9. The second kappa shape index (κ2) is 6.50. The van der Waals surface area contributed by atoms with Crippen LogP contribution in [-0.4, -0.2) is 23.9 Å². The van der Waals surface area contributed by atoms with Crippen LogP contribution >= 0.6 is 27.7 Å². The largest absolute Gasteiger partial charge is 0.469 e. The van der Waals surface area contributed by atoms with Gasteiger partial charge >= 0.3 is 5.97 Å². The van der Waals surface area contributed by atoms with Gasteiger partial charge in [-0.25, -0.2) is 0 Å². The van der Waals surface area contributed by atoms with Crippen molar-refractivity contribution in [2.75, 3.05) is 12.9 Å². The predicted octanol–water partition coefficient (Wildman–Crippen LogP) is 3.94. The molecule has 1 atom stereocenters. The van der Waals surface area contributed by atoms with Crippen LogP contribution < -0.4 is 0 Å². The average molecular weight is 359 g/mol. The minimum atomic E-state index is -0.485. The highest BCUT2D eigenvalue weighted by Gasteiger charge is 2.44. The van der Waals surface area contributed by atoms with Crippen LogP contribution in [0.15, 0.2) is 27.6 Å². The fourth-order valence-electron chi connectivity index (χ4n) is 2.14. The van der Waals surface area contributed by atoms with Crippen LogP contribution in [0.25, 0.3) is 0 Å². The first-order valence-corrected chi connectivity index (χ1v) is 8.41. The molecule has 110 valence electrons. The van der Waals surface area contributed by atoms with Crippen molar-refractivity contribution in [3.05, 3.63) is 28.2 Å². The van der Waals surface area contributed by atoms with E-state index in [1.165, 1.54) is 7.11 Å². The molecule has 1 saturated carbocycles. The van der Waals surface area contributed by atoms with Gasteiger partial charge in [-0.05, 0) is 42.9 Å². The number of esters is 1. The maximum absolute atomic E-state index is 11.4. The Morgan fingerprint density at radius 2 is 2.25 bits per heavy atom. The number of aliphatic hydroxyl groups is 1. The summed E-state index contributed by atoms with van der Waals surface area (Å²) in [6.45, 7) is 1.77. The fourth-order valence-corrected chi connectivity index (χ4v) is 4.12. The Hall–Kier alpha value is -0.520. The molecule has 1 aromatic rings. The zero-order chi connectivity index (χ0) is 14.8. The van der Waals surface area contributed by atoms with E-state index in [0.717, 1.165) is 33.5 Å². The summed E-state index contributed by atoms with van der Waals surface area (Å²) in [6, 6.07) is 5.91. The molecule has 0 saturated heterocycles. The molecular weight excluding hydrogens is 340 g/mol. The molecule has 0 aromatic heterocycles. The molecular formula is C15H19BrO3S. The van der Waals surface area contributed by atoms with Crippen molar-refractivity contribution in [3.8, 4) is 0 Å². The van der Waals surface area contributed by atoms with Crippen LogP contribution in [0, 0.1) is 5.41 Å². The van der Waals surface area contributed by atoms with E-state index >= 15 is 0 Å². The molecule has 3 nitrogen and oxygen atoms in total. The lowest BCUT2D eigenvalue weighted by molar-refractivity contribution is -0.141. The predicted molar refractivity (Wildman–Crippen MR) is 83.8 cm³/mol. The lowest BCUT2D eigenvalue weighted by atomic mass is 10.1. The smallest absolute Gasteiger partial charge is 0.306 e. The van der Waals surface area contributed by atoms with E-state index in [1.54, 1.807) is 18.7 Å². The number of hydrogen-bond donors (Lipinski definition) is 1. The number of ether oxygens (including phenoxy) is 1. The van der Waals surface area contributed by atoms with E-state index in [1.807, 2.05) is 18.2 Å². The van der Waals surface area contributed by atoms with Crippen molar-refractivity contribution in [3.63, 3.8) is 0 Å². The number of carbonyl (C=O) groups is 1. The first-order valence-electron chi connectivity index (χ1n) is 6.63. The van der Waals surface area contributed by atoms with Crippen molar-refractivity contribution >= 4 is 33.7 Å². The fraction of sp³-hybridized carbons (Fsp3) is 0.533. The Morgan fingerprint density at radius 1 is 1.55 bits per heavy atom. The molecule has 0 aliphatic heterocycles. The van der Waals surface area contributed by atoms with Gasteiger partial charge < -0.3 is 9.84 Å². The maximum Gasteiger partial charge on any atom is 0.306 e. The van der Waals surface area contributed by atoms with Crippen LogP contribution in [0.1, 0.15) is 37.9 Å². The van der Waals surface area contributed by atoms with Gasteiger partial charge in [0.1, 0.15) is 0 Å². The van der Waals surface area contributed by atoms with Crippen molar-refractivity contribution < 1.29 is 14.6 Å². The van der Waals surface area contributed by atoms with E-state index < -0.39 is 6.10 Å². The third-order valence-corrected chi connectivity index (χ3v) is 5.58. The van der Waals surface area contributed by atoms with Gasteiger partial charge in [0.15, 0.2) is 0 Å². The highest BCUT2D eigenvalue weighted by Crippen LogP contribution is 2.52. The van der Waals surface area contributed by atoms with E-state index in [-0.39, 0.29) is 11.4 Å². The lowest BCUT2D eigenvalue weighted by Gasteiger charge is -2.16. The molecule has 0 heterocycles. The summed E-state index contributed by atoms with van der Waals surface area (Å²) in [5, 5.41) is 9.82. The zero-order valence-corrected chi connectivity index (χ0v) is 14.1. The third kappa shape index (κ3) is 3.99. The van der Waals surface area contributed by atoms with Crippen molar-refractivity contribution in [1.29, 1.82) is 0 Å². The maximum atomic E-state index is 11.4. The van der Waals surface area contributed by atoms with Gasteiger partial charge in [-0.15, -0.1) is 11.8 Å². The SMILES string of the molecule is COC(=O)CC1(CSc2cc(Br)ccc2C(C)O)CC1. The van der Waals surface area contributed by atoms with Crippen LogP contribution in [0.4, 0.5) is 0 Å². The number of hydrogen-bond acceptors (Lipinski definition) is 4. The van der Waals surface area contributed by atoms with Gasteiger partial charge in [-0.2, -0.15) is 0 Å². The standard InChI is InChI=1S/C15H19BrO3S/c1-10(17)12-4-3-11(16)7-13(12)20-9-15(5-6-15)8-14(18)19-2/h3-4,7,10,17H,5-6,8-9H2,1-2H3. The van der Waals surface area contributed by atoms with E-state index in [9.17, 15) is 9.90 Å². The van der Waals surface area contributed by atoms with Gasteiger partial charge in [0.2, 0.25) is 0 Å². The Morgan fingerprint density at radius 3 is 2.80 bits per heavy atom. The molecule has 1 N–H and O–H groups in total. The summed E-state index contributed by atoms with van der Waals surface area (Å²) in [7, 11) is 1.44. The second-order valence-electron chi connectivity index (χ2n) is 5.40. The van der Waals surface area contributed by atoms with Gasteiger partial charge in [0, 0.05) is 15.1 Å². The number of carbonyl (C=O) groups excluding carboxylic acids is 1. The molecule has 1 unspecified atom stereocenters. The highest BCUT2D eigenvalue weighted by molar-refractivity contribution is 9.10. The van der Waals surface area contributed by atoms with Crippen LogP contribution in [0.2, 0.25) is 0 Å². The molecule has 1 aliphatic carbocycles. The van der Waals surface area contributed by atoms with Crippen LogP contribution in [0.3, 0.4) is 0 Å². The van der Waals surface area contributed by atoms with Crippen LogP contribution in [0.5, 0.6) is 0 Å². The first-order chi connectivity index (χ1) is 9.46. The molecule has 0 bridgehead atoms. The minimum Gasteiger partial charge on any atom is -0.469 e. The van der Waals surface area contributed by atoms with Gasteiger partial charge in [0.05, 0.1) is 19.6 Å². The zero-order valence-electron chi connectivity index (χ0n) is 11.7. The molecule has 5 heteroatoms. The summed E-state index contributed by atoms with van der Waals surface area (Å²) < 4.78 is 5.77. The summed E-state index contributed by atoms with van der Waals surface area (Å²) in [5.74, 6) is 0.756. The average Bonchev–Trinajstić information content (AvgIpc) is 3.16. The van der Waals surface area contributed by atoms with E-state index in [2.05, 4.69) is 15.9 Å². The molecule has 1 aliphatic rings. The topological polar surface area (TPSA) is 46.5 Å². The Labute approximate surface area is 132 Å². The summed E-state index contributed by atoms with van der Waals surface area (Å²) in [4.78, 5) is 12.5. The summed E-state index contributed by atoms with van der Waals surface area (Å²) in [6.07, 6.45) is 2.16. The number of benzene rings is 1. The number of aliphatic hydroxyl groups excluding tert-OH is 1. The van der Waals surface area contributed by atoms with Crippen molar-refractivity contribution in [2.24, 2.45) is 5.41 Å². The molecule has 0 amide bonds. The monoisotopic (exact) mass is 358 g/mol. The van der Waals surface area contributed by atoms with Gasteiger partial charge in [0.25, 0.3) is 0 Å². The Bertz CT molecular complexity index is 498. The second-order valence-corrected chi connectivity index (χ2v) is 7.33. The molecule has 2 rings (SSSR count). The molecule has 1 aromatic carbocycles. The minimum absolute atomic E-state index is 0.0933. The lowest BCUT2D eigenvalue weighted by Crippen LogP contribution is -2.13.